The average molecular weight is 541 g/mol. The number of fused-ring (bicyclic) bond motifs is 3. The molecule has 6 aromatic rings. The van der Waals surface area contributed by atoms with Gasteiger partial charge in [-0.25, -0.2) is 19.0 Å². The maximum atomic E-state index is 11.2. The second-order valence-corrected chi connectivity index (χ2v) is 9.72. The molecule has 10 heteroatoms. The van der Waals surface area contributed by atoms with Crippen molar-refractivity contribution in [3.05, 3.63) is 120 Å². The first kappa shape index (κ1) is 24.2. The molecule has 2 N–H and O–H groups in total. The molecule has 0 fully saturated rings. The number of rotatable bonds is 6. The molecule has 0 radical (unpaired) electrons. The fourth-order valence-electron chi connectivity index (χ4n) is 5.04. The number of hydrogen-bond donors (Lipinski definition) is 2. The standard InChI is InChI=1S/C31H20N6O4/c38-30(39)18-5-9-24(10-6-18)36-16-28(32-34-36)22-3-1-20-13-21-2-4-23(15-27(21)26(20)14-22)29-17-37(35-33-29)25-11-7-19(8-12-25)31(40)41/h1-12,14-17H,13H2,(H,38,39)(H,40,41). The fraction of sp³-hybridized carbons (Fsp3) is 0.0323. The third-order valence-corrected chi connectivity index (χ3v) is 7.23. The molecule has 0 saturated carbocycles. The van der Waals surface area contributed by atoms with Gasteiger partial charge in [-0.15, -0.1) is 10.2 Å². The Morgan fingerprint density at radius 3 is 1.39 bits per heavy atom. The van der Waals surface area contributed by atoms with Crippen molar-refractivity contribution >= 4 is 11.9 Å². The molecule has 0 aliphatic heterocycles. The van der Waals surface area contributed by atoms with Crippen molar-refractivity contribution in [2.75, 3.05) is 0 Å². The van der Waals surface area contributed by atoms with Crippen LogP contribution >= 0.6 is 0 Å². The lowest BCUT2D eigenvalue weighted by atomic mass is 9.99. The maximum Gasteiger partial charge on any atom is 0.335 e. The van der Waals surface area contributed by atoms with E-state index in [-0.39, 0.29) is 11.1 Å². The lowest BCUT2D eigenvalue weighted by Crippen LogP contribution is -1.98. The van der Waals surface area contributed by atoms with Gasteiger partial charge in [-0.2, -0.15) is 0 Å². The van der Waals surface area contributed by atoms with Gasteiger partial charge in [0.05, 0.1) is 34.9 Å². The predicted octanol–water partition coefficient (Wildman–Crippen LogP) is 5.15. The molecular weight excluding hydrogens is 520 g/mol. The Bertz CT molecular complexity index is 1830. The Hall–Kier alpha value is -5.90. The average Bonchev–Trinajstić information content (AvgIpc) is 3.75. The highest BCUT2D eigenvalue weighted by molar-refractivity contribution is 5.88. The van der Waals surface area contributed by atoms with E-state index < -0.39 is 11.9 Å². The number of nitrogens with zero attached hydrogens (tertiary/aromatic N) is 6. The minimum absolute atomic E-state index is 0.211. The van der Waals surface area contributed by atoms with Gasteiger partial charge in [-0.1, -0.05) is 34.7 Å². The molecule has 0 amide bonds. The number of carbonyl (C=O) groups is 2. The smallest absolute Gasteiger partial charge is 0.335 e. The van der Waals surface area contributed by atoms with E-state index in [2.05, 4.69) is 44.9 Å². The zero-order valence-electron chi connectivity index (χ0n) is 21.3. The summed E-state index contributed by atoms with van der Waals surface area (Å²) in [6.07, 6.45) is 4.48. The molecule has 0 bridgehead atoms. The summed E-state index contributed by atoms with van der Waals surface area (Å²) >= 11 is 0. The molecule has 0 atom stereocenters. The molecule has 2 aromatic heterocycles. The molecule has 7 rings (SSSR count). The molecule has 10 nitrogen and oxygen atoms in total. The van der Waals surface area contributed by atoms with E-state index in [1.165, 1.54) is 35.4 Å². The summed E-state index contributed by atoms with van der Waals surface area (Å²) < 4.78 is 3.25. The first-order valence-electron chi connectivity index (χ1n) is 12.7. The van der Waals surface area contributed by atoms with Crippen LogP contribution in [-0.2, 0) is 6.42 Å². The van der Waals surface area contributed by atoms with Gasteiger partial charge in [0.15, 0.2) is 0 Å². The Morgan fingerprint density at radius 1 is 0.585 bits per heavy atom. The van der Waals surface area contributed by atoms with Gasteiger partial charge in [0.1, 0.15) is 11.4 Å². The van der Waals surface area contributed by atoms with Gasteiger partial charge < -0.3 is 10.2 Å². The Morgan fingerprint density at radius 2 is 1.00 bits per heavy atom. The maximum absolute atomic E-state index is 11.2. The fourth-order valence-corrected chi connectivity index (χ4v) is 5.04. The van der Waals surface area contributed by atoms with E-state index in [9.17, 15) is 9.59 Å². The minimum atomic E-state index is -0.978. The summed E-state index contributed by atoms with van der Waals surface area (Å²) in [6.45, 7) is 0. The van der Waals surface area contributed by atoms with Crippen molar-refractivity contribution < 1.29 is 19.8 Å². The summed E-state index contributed by atoms with van der Waals surface area (Å²) in [5, 5.41) is 35.5. The van der Waals surface area contributed by atoms with Crippen LogP contribution in [0.1, 0.15) is 31.8 Å². The van der Waals surface area contributed by atoms with Crippen molar-refractivity contribution in [3.8, 4) is 45.0 Å². The summed E-state index contributed by atoms with van der Waals surface area (Å²) in [4.78, 5) is 22.3. The molecule has 2 heterocycles. The van der Waals surface area contributed by atoms with Crippen LogP contribution in [0.3, 0.4) is 0 Å². The van der Waals surface area contributed by atoms with E-state index in [0.29, 0.717) is 11.4 Å². The van der Waals surface area contributed by atoms with Gasteiger partial charge >= 0.3 is 11.9 Å². The Labute approximate surface area is 232 Å². The first-order valence-corrected chi connectivity index (χ1v) is 12.7. The van der Waals surface area contributed by atoms with Crippen LogP contribution in [0.4, 0.5) is 0 Å². The van der Waals surface area contributed by atoms with Crippen LogP contribution in [0.25, 0.3) is 45.0 Å². The van der Waals surface area contributed by atoms with Crippen molar-refractivity contribution in [2.45, 2.75) is 6.42 Å². The van der Waals surface area contributed by atoms with E-state index in [4.69, 9.17) is 10.2 Å². The van der Waals surface area contributed by atoms with Gasteiger partial charge in [0, 0.05) is 11.1 Å². The Kier molecular flexibility index (Phi) is 5.53. The van der Waals surface area contributed by atoms with E-state index in [0.717, 1.165) is 40.0 Å². The molecule has 1 aliphatic carbocycles. The zero-order chi connectivity index (χ0) is 28.1. The number of carboxylic acids is 2. The van der Waals surface area contributed by atoms with Gasteiger partial charge in [-0.3, -0.25) is 0 Å². The van der Waals surface area contributed by atoms with E-state index in [1.54, 1.807) is 33.6 Å². The van der Waals surface area contributed by atoms with Crippen LogP contribution in [0.15, 0.2) is 97.3 Å². The van der Waals surface area contributed by atoms with Crippen LogP contribution < -0.4 is 0 Å². The topological polar surface area (TPSA) is 136 Å². The molecule has 0 saturated heterocycles. The highest BCUT2D eigenvalue weighted by Crippen LogP contribution is 2.40. The number of aromatic nitrogens is 6. The molecular formula is C31H20N6O4. The third-order valence-electron chi connectivity index (χ3n) is 7.23. The van der Waals surface area contributed by atoms with Gasteiger partial charge in [-0.05, 0) is 89.3 Å². The third kappa shape index (κ3) is 4.33. The summed E-state index contributed by atoms with van der Waals surface area (Å²) in [7, 11) is 0. The highest BCUT2D eigenvalue weighted by atomic mass is 16.4. The van der Waals surface area contributed by atoms with Crippen LogP contribution in [0, 0.1) is 0 Å². The highest BCUT2D eigenvalue weighted by Gasteiger charge is 2.21. The predicted molar refractivity (Wildman–Crippen MR) is 149 cm³/mol. The van der Waals surface area contributed by atoms with Gasteiger partial charge in [0.2, 0.25) is 0 Å². The second-order valence-electron chi connectivity index (χ2n) is 9.72. The van der Waals surface area contributed by atoms with Crippen molar-refractivity contribution in [3.63, 3.8) is 0 Å². The minimum Gasteiger partial charge on any atom is -0.478 e. The molecule has 0 spiro atoms. The van der Waals surface area contributed by atoms with E-state index in [1.807, 2.05) is 24.5 Å². The normalized spacial score (nSPS) is 11.7. The van der Waals surface area contributed by atoms with Gasteiger partial charge in [0.25, 0.3) is 0 Å². The molecule has 1 aliphatic rings. The molecule has 4 aromatic carbocycles. The quantitative estimate of drug-likeness (QED) is 0.296. The molecule has 41 heavy (non-hydrogen) atoms. The van der Waals surface area contributed by atoms with E-state index >= 15 is 0 Å². The van der Waals surface area contributed by atoms with Crippen LogP contribution in [0.5, 0.6) is 0 Å². The number of aromatic carboxylic acids is 2. The summed E-state index contributed by atoms with van der Waals surface area (Å²) in [5.41, 5.74) is 9.80. The number of hydrogen-bond acceptors (Lipinski definition) is 6. The second kappa shape index (κ2) is 9.38. The number of benzene rings is 4. The Balaban J connectivity index is 1.18. The zero-order valence-corrected chi connectivity index (χ0v) is 21.3. The van der Waals surface area contributed by atoms with Crippen LogP contribution in [0.2, 0.25) is 0 Å². The van der Waals surface area contributed by atoms with Crippen molar-refractivity contribution in [1.82, 2.24) is 30.0 Å². The largest absolute Gasteiger partial charge is 0.478 e. The van der Waals surface area contributed by atoms with Crippen LogP contribution in [-0.4, -0.2) is 52.1 Å². The number of carboxylic acid groups (broad SMARTS) is 2. The SMILES string of the molecule is O=C(O)c1ccc(-n2cc(-c3ccc4c(c3)-c3cc(-c5cn(-c6ccc(C(=O)O)cc6)nn5)ccc3C4)nn2)cc1. The molecule has 0 unspecified atom stereocenters. The first-order chi connectivity index (χ1) is 19.9. The molecule has 198 valence electrons. The lowest BCUT2D eigenvalue weighted by molar-refractivity contribution is 0.0686. The lowest BCUT2D eigenvalue weighted by Gasteiger charge is -2.05. The van der Waals surface area contributed by atoms with Crippen molar-refractivity contribution in [2.24, 2.45) is 0 Å². The van der Waals surface area contributed by atoms with Crippen molar-refractivity contribution in [1.29, 1.82) is 0 Å². The summed E-state index contributed by atoms with van der Waals surface area (Å²) in [5.74, 6) is -1.96. The summed E-state index contributed by atoms with van der Waals surface area (Å²) in [6, 6.07) is 25.5. The monoisotopic (exact) mass is 540 g/mol.